The summed E-state index contributed by atoms with van der Waals surface area (Å²) in [4.78, 5) is 13.8. The van der Waals surface area contributed by atoms with E-state index in [9.17, 15) is 4.79 Å². The molecule has 0 atom stereocenters. The Hall–Kier alpha value is -0.297. The van der Waals surface area contributed by atoms with Crippen LogP contribution in [0.25, 0.3) is 0 Å². The summed E-state index contributed by atoms with van der Waals surface area (Å²) in [6, 6.07) is 0. The van der Waals surface area contributed by atoms with Gasteiger partial charge in [-0.25, -0.2) is 0 Å². The molecule has 0 radical (unpaired) electrons. The minimum absolute atomic E-state index is 0.214. The predicted molar refractivity (Wildman–Crippen MR) is 64.1 cm³/mol. The van der Waals surface area contributed by atoms with E-state index in [0.29, 0.717) is 0 Å². The molecule has 0 saturated carbocycles. The monoisotopic (exact) mass is 399 g/mol. The Morgan fingerprint density at radius 3 is 2.47 bits per heavy atom. The Morgan fingerprint density at radius 2 is 1.93 bits per heavy atom. The molecule has 0 spiro atoms. The molecule has 0 aromatic rings. The molecule has 0 aromatic carbocycles. The zero-order valence-electron chi connectivity index (χ0n) is 8.85. The molecule has 0 N–H and O–H groups in total. The van der Waals surface area contributed by atoms with Gasteiger partial charge in [0.1, 0.15) is 0 Å². The van der Waals surface area contributed by atoms with Gasteiger partial charge in [0, 0.05) is 0 Å². The van der Waals surface area contributed by atoms with Gasteiger partial charge in [-0.2, -0.15) is 0 Å². The molecule has 2 aliphatic heterocycles. The fourth-order valence-corrected chi connectivity index (χ4v) is 3.69. The van der Waals surface area contributed by atoms with Gasteiger partial charge in [-0.15, -0.1) is 0 Å². The molecule has 1 fully saturated rings. The average molecular weight is 399 g/mol. The number of hydrogen-bond donors (Lipinski definition) is 0. The first kappa shape index (κ1) is 11.2. The molecule has 0 bridgehead atoms. The SMILES string of the molecule is O=C(C=C[C]1=[Bi][CH]=C1)N1CCCCCC1. The molecular weight excluding hydrogens is 383 g/mol. The molecule has 0 unspecified atom stereocenters. The first-order valence-electron chi connectivity index (χ1n) is 5.57. The van der Waals surface area contributed by atoms with E-state index in [1.165, 1.54) is 28.9 Å². The maximum atomic E-state index is 11.8. The van der Waals surface area contributed by atoms with Crippen LogP contribution in [0, 0.1) is 0 Å². The maximum absolute atomic E-state index is 11.8. The summed E-state index contributed by atoms with van der Waals surface area (Å²) < 4.78 is 3.73. The Bertz CT molecular complexity index is 323. The van der Waals surface area contributed by atoms with E-state index >= 15 is 0 Å². The number of nitrogens with zero attached hydrogens (tertiary/aromatic N) is 1. The van der Waals surface area contributed by atoms with Gasteiger partial charge in [0.15, 0.2) is 0 Å². The standard InChI is InChI=1S/C12H16NO.Bi/c1-2-3-6-9-12(14)13-10-7-4-5-8-11-13;/h1-2,6,9H,4-5,7-8,10-11H2;. The van der Waals surface area contributed by atoms with Gasteiger partial charge in [0.05, 0.1) is 0 Å². The van der Waals surface area contributed by atoms with Gasteiger partial charge in [-0.05, 0) is 0 Å². The summed E-state index contributed by atoms with van der Waals surface area (Å²) in [5, 5.41) is 0. The van der Waals surface area contributed by atoms with Gasteiger partial charge in [-0.1, -0.05) is 0 Å². The Balaban J connectivity index is 1.85. The fraction of sp³-hybridized carbons (Fsp3) is 0.500. The molecule has 3 heteroatoms. The van der Waals surface area contributed by atoms with Crippen LogP contribution in [-0.4, -0.2) is 49.9 Å². The Morgan fingerprint density at radius 1 is 1.27 bits per heavy atom. The molecule has 2 heterocycles. The Kier molecular flexibility index (Phi) is 4.25. The molecule has 2 aliphatic rings. The predicted octanol–water partition coefficient (Wildman–Crippen LogP) is 1.35. The van der Waals surface area contributed by atoms with Crippen molar-refractivity contribution in [2.24, 2.45) is 0 Å². The van der Waals surface area contributed by atoms with E-state index in [1.807, 2.05) is 11.0 Å². The van der Waals surface area contributed by atoms with Crippen molar-refractivity contribution in [2.75, 3.05) is 13.1 Å². The summed E-state index contributed by atoms with van der Waals surface area (Å²) >= 11 is -0.410. The van der Waals surface area contributed by atoms with Gasteiger partial charge in [-0.3, -0.25) is 0 Å². The zero-order valence-corrected chi connectivity index (χ0v) is 12.3. The number of amides is 1. The molecule has 2 rings (SSSR count). The van der Waals surface area contributed by atoms with Crippen molar-refractivity contribution >= 4 is 31.9 Å². The van der Waals surface area contributed by atoms with E-state index in [-0.39, 0.29) is 5.91 Å². The van der Waals surface area contributed by atoms with Gasteiger partial charge in [0.2, 0.25) is 0 Å². The average Bonchev–Trinajstić information content (AvgIpc) is 2.43. The van der Waals surface area contributed by atoms with Crippen molar-refractivity contribution in [3.63, 3.8) is 0 Å². The summed E-state index contributed by atoms with van der Waals surface area (Å²) in [5.41, 5.74) is 0. The van der Waals surface area contributed by atoms with Crippen LogP contribution in [0.15, 0.2) is 22.0 Å². The third-order valence-corrected chi connectivity index (χ3v) is 6.26. The van der Waals surface area contributed by atoms with E-state index in [0.717, 1.165) is 13.1 Å². The van der Waals surface area contributed by atoms with Crippen LogP contribution in [0.2, 0.25) is 0 Å². The van der Waals surface area contributed by atoms with Gasteiger partial charge in [0.25, 0.3) is 0 Å². The van der Waals surface area contributed by atoms with Crippen LogP contribution in [0.5, 0.6) is 0 Å². The summed E-state index contributed by atoms with van der Waals surface area (Å²) in [6.45, 7) is 1.91. The third kappa shape index (κ3) is 3.34. The van der Waals surface area contributed by atoms with Crippen molar-refractivity contribution in [2.45, 2.75) is 25.7 Å². The van der Waals surface area contributed by atoms with E-state index in [2.05, 4.69) is 9.86 Å². The molecule has 0 aromatic heterocycles. The van der Waals surface area contributed by atoms with Crippen LogP contribution in [0.3, 0.4) is 0 Å². The number of carbonyl (C=O) groups is 1. The molecule has 80 valence electrons. The fourth-order valence-electron chi connectivity index (χ4n) is 1.81. The van der Waals surface area contributed by atoms with Gasteiger partial charge < -0.3 is 0 Å². The molecule has 2 nitrogen and oxygen atoms in total. The second-order valence-corrected chi connectivity index (χ2v) is 8.11. The summed E-state index contributed by atoms with van der Waals surface area (Å²) in [7, 11) is 0. The number of carbonyl (C=O) groups excluding carboxylic acids is 1. The van der Waals surface area contributed by atoms with Crippen LogP contribution >= 0.6 is 0 Å². The second kappa shape index (κ2) is 5.70. The molecule has 15 heavy (non-hydrogen) atoms. The van der Waals surface area contributed by atoms with Crippen molar-refractivity contribution in [3.8, 4) is 0 Å². The van der Waals surface area contributed by atoms with Crippen molar-refractivity contribution < 1.29 is 4.79 Å². The summed E-state index contributed by atoms with van der Waals surface area (Å²) in [6.07, 6.45) is 10.9. The number of rotatable bonds is 2. The number of hydrogen-bond acceptors (Lipinski definition) is 1. The van der Waals surface area contributed by atoms with Crippen LogP contribution in [-0.2, 0) is 4.79 Å². The van der Waals surface area contributed by atoms with Crippen LogP contribution in [0.1, 0.15) is 25.7 Å². The van der Waals surface area contributed by atoms with Crippen molar-refractivity contribution in [1.29, 1.82) is 0 Å². The molecular formula is C12H16BiNO. The van der Waals surface area contributed by atoms with Crippen molar-refractivity contribution in [3.05, 3.63) is 22.0 Å². The van der Waals surface area contributed by atoms with Crippen molar-refractivity contribution in [1.82, 2.24) is 4.90 Å². The second-order valence-electron chi connectivity index (χ2n) is 3.94. The summed E-state index contributed by atoms with van der Waals surface area (Å²) in [5.74, 6) is 0.214. The quantitative estimate of drug-likeness (QED) is 0.507. The van der Waals surface area contributed by atoms with Crippen LogP contribution in [0.4, 0.5) is 0 Å². The van der Waals surface area contributed by atoms with E-state index in [4.69, 9.17) is 0 Å². The third-order valence-electron chi connectivity index (χ3n) is 2.78. The van der Waals surface area contributed by atoms with Gasteiger partial charge >= 0.3 is 102 Å². The zero-order chi connectivity index (χ0) is 10.5. The number of likely N-dealkylation sites (tertiary alicyclic amines) is 1. The first-order chi connectivity index (χ1) is 7.36. The first-order valence-corrected chi connectivity index (χ1v) is 9.32. The molecule has 0 aliphatic carbocycles. The van der Waals surface area contributed by atoms with E-state index < -0.39 is 22.8 Å². The molecule has 1 saturated heterocycles. The minimum atomic E-state index is -0.410. The topological polar surface area (TPSA) is 20.3 Å². The number of allylic oxidation sites excluding steroid dienone is 2. The normalized spacial score (nSPS) is 21.1. The van der Waals surface area contributed by atoms with E-state index in [1.54, 1.807) is 6.08 Å². The van der Waals surface area contributed by atoms with Crippen LogP contribution < -0.4 is 0 Å². The molecule has 1 amide bonds. The Labute approximate surface area is 102 Å².